The maximum absolute atomic E-state index is 12.6. The lowest BCUT2D eigenvalue weighted by Crippen LogP contribution is -2.33. The lowest BCUT2D eigenvalue weighted by Gasteiger charge is -2.22. The predicted molar refractivity (Wildman–Crippen MR) is 133 cm³/mol. The van der Waals surface area contributed by atoms with Gasteiger partial charge < -0.3 is 24.8 Å². The van der Waals surface area contributed by atoms with E-state index in [0.29, 0.717) is 60.9 Å². The van der Waals surface area contributed by atoms with Crippen molar-refractivity contribution in [1.29, 1.82) is 5.26 Å². The molecular weight excluding hydrogens is 454 g/mol. The van der Waals surface area contributed by atoms with Crippen LogP contribution in [-0.4, -0.2) is 45.0 Å². The lowest BCUT2D eigenvalue weighted by molar-refractivity contribution is -0.111. The van der Waals surface area contributed by atoms with Gasteiger partial charge in [0.25, 0.3) is 0 Å². The zero-order chi connectivity index (χ0) is 24.9. The summed E-state index contributed by atoms with van der Waals surface area (Å²) >= 11 is 1.34. The van der Waals surface area contributed by atoms with E-state index in [1.807, 2.05) is 26.0 Å². The Hall–Kier alpha value is -3.35. The van der Waals surface area contributed by atoms with Gasteiger partial charge in [-0.3, -0.25) is 4.79 Å². The fourth-order valence-electron chi connectivity index (χ4n) is 3.33. The van der Waals surface area contributed by atoms with E-state index in [9.17, 15) is 14.9 Å². The van der Waals surface area contributed by atoms with Crippen LogP contribution >= 0.6 is 11.3 Å². The Balaban J connectivity index is 2.07. The van der Waals surface area contributed by atoms with Crippen LogP contribution in [0, 0.1) is 11.3 Å². The highest BCUT2D eigenvalue weighted by molar-refractivity contribution is 7.16. The van der Waals surface area contributed by atoms with Crippen LogP contribution < -0.4 is 10.6 Å². The largest absolute Gasteiger partial charge is 0.494 e. The molecule has 0 saturated carbocycles. The third-order valence-corrected chi connectivity index (χ3v) is 6.11. The molecule has 1 aliphatic rings. The van der Waals surface area contributed by atoms with Gasteiger partial charge in [0.15, 0.2) is 0 Å². The van der Waals surface area contributed by atoms with Crippen LogP contribution in [0.15, 0.2) is 48.3 Å². The number of hydrogen-bond donors (Lipinski definition) is 2. The van der Waals surface area contributed by atoms with Gasteiger partial charge in [0.05, 0.1) is 18.8 Å². The molecule has 1 aliphatic carbocycles. The van der Waals surface area contributed by atoms with Crippen molar-refractivity contribution in [1.82, 2.24) is 5.32 Å². The van der Waals surface area contributed by atoms with Crippen molar-refractivity contribution in [2.45, 2.75) is 39.2 Å². The first kappa shape index (κ1) is 26.9. The molecule has 1 aromatic heterocycles. The monoisotopic (exact) mass is 485 g/mol. The minimum absolute atomic E-state index is 0.285. The van der Waals surface area contributed by atoms with Gasteiger partial charge >= 0.3 is 6.09 Å². The van der Waals surface area contributed by atoms with E-state index in [2.05, 4.69) is 23.3 Å². The van der Waals surface area contributed by atoms with E-state index in [4.69, 9.17) is 14.2 Å². The molecule has 1 aromatic rings. The van der Waals surface area contributed by atoms with Gasteiger partial charge in [-0.15, -0.1) is 11.3 Å². The summed E-state index contributed by atoms with van der Waals surface area (Å²) in [7, 11) is 1.56. The van der Waals surface area contributed by atoms with Crippen molar-refractivity contribution < 1.29 is 23.8 Å². The van der Waals surface area contributed by atoms with Crippen LogP contribution in [0.4, 0.5) is 9.80 Å². The number of allylic oxidation sites excluding steroid dienone is 4. The second-order valence-electron chi connectivity index (χ2n) is 7.34. The van der Waals surface area contributed by atoms with Crippen molar-refractivity contribution in [3.05, 3.63) is 64.3 Å². The quantitative estimate of drug-likeness (QED) is 0.208. The number of carbonyl (C=O) groups excluding carboxylic acids is 2. The number of fused-ring (bicyclic) bond motifs is 1. The lowest BCUT2D eigenvalue weighted by atomic mass is 9.94. The van der Waals surface area contributed by atoms with Gasteiger partial charge in [-0.1, -0.05) is 24.8 Å². The summed E-state index contributed by atoms with van der Waals surface area (Å²) < 4.78 is 15.8. The fourth-order valence-corrected chi connectivity index (χ4v) is 4.59. The smallest absolute Gasteiger partial charge is 0.407 e. The average Bonchev–Trinajstić information content (AvgIpc) is 3.15. The molecule has 0 fully saturated rings. The van der Waals surface area contributed by atoms with Crippen LogP contribution in [0.3, 0.4) is 0 Å². The molecule has 182 valence electrons. The summed E-state index contributed by atoms with van der Waals surface area (Å²) in [5.41, 5.74) is 2.04. The van der Waals surface area contributed by atoms with Crippen LogP contribution in [-0.2, 0) is 31.8 Å². The van der Waals surface area contributed by atoms with Crippen LogP contribution in [0.5, 0.6) is 0 Å². The Morgan fingerprint density at radius 2 is 2.15 bits per heavy atom. The second kappa shape index (κ2) is 14.0. The Labute approximate surface area is 204 Å². The van der Waals surface area contributed by atoms with Gasteiger partial charge in [0.1, 0.15) is 22.9 Å². The molecule has 1 heterocycles. The highest BCUT2D eigenvalue weighted by Crippen LogP contribution is 2.38. The highest BCUT2D eigenvalue weighted by Gasteiger charge is 2.28. The number of anilines is 1. The number of alkyl carbamates (subject to hydrolysis) is 1. The average molecular weight is 486 g/mol. The number of nitrogens with one attached hydrogen (secondary N) is 2. The third kappa shape index (κ3) is 7.90. The van der Waals surface area contributed by atoms with E-state index in [0.717, 1.165) is 10.4 Å². The fraction of sp³-hybridized carbons (Fsp3) is 0.400. The van der Waals surface area contributed by atoms with E-state index < -0.39 is 6.09 Å². The minimum Gasteiger partial charge on any atom is -0.494 e. The van der Waals surface area contributed by atoms with Crippen LogP contribution in [0.25, 0.3) is 0 Å². The number of nitriles is 1. The Morgan fingerprint density at radius 3 is 2.82 bits per heavy atom. The first-order valence-electron chi connectivity index (χ1n) is 11.1. The normalized spacial score (nSPS) is 15.6. The number of ether oxygens (including phenoxy) is 3. The van der Waals surface area contributed by atoms with Crippen molar-refractivity contribution in [3.63, 3.8) is 0 Å². The Morgan fingerprint density at radius 1 is 1.35 bits per heavy atom. The molecule has 0 saturated heterocycles. The Bertz CT molecular complexity index is 1020. The SMILES string of the molecule is C=C(OCC)C(=C\C=C/C)/C=C/C(=O)Nc1sc2c(c1C#N)CCC(OC(=O)NCCOC)C2. The molecule has 9 heteroatoms. The summed E-state index contributed by atoms with van der Waals surface area (Å²) in [6, 6.07) is 2.21. The van der Waals surface area contributed by atoms with Crippen molar-refractivity contribution >= 4 is 28.3 Å². The number of nitrogens with zero attached hydrogens (tertiary/aromatic N) is 1. The van der Waals surface area contributed by atoms with Crippen molar-refractivity contribution in [3.8, 4) is 6.07 Å². The first-order valence-corrected chi connectivity index (χ1v) is 11.9. The van der Waals surface area contributed by atoms with E-state index in [1.165, 1.54) is 17.4 Å². The van der Waals surface area contributed by atoms with Crippen molar-refractivity contribution in [2.75, 3.05) is 32.2 Å². The minimum atomic E-state index is -0.489. The summed E-state index contributed by atoms with van der Waals surface area (Å²) in [5.74, 6) is 0.0994. The van der Waals surface area contributed by atoms with Gasteiger partial charge in [0.2, 0.25) is 5.91 Å². The molecule has 0 bridgehead atoms. The molecule has 2 N–H and O–H groups in total. The maximum Gasteiger partial charge on any atom is 0.407 e. The summed E-state index contributed by atoms with van der Waals surface area (Å²) in [4.78, 5) is 25.5. The van der Waals surface area contributed by atoms with Crippen LogP contribution in [0.2, 0.25) is 0 Å². The number of methoxy groups -OCH3 is 1. The zero-order valence-electron chi connectivity index (χ0n) is 19.8. The number of carbonyl (C=O) groups is 2. The molecular formula is C25H31N3O5S. The predicted octanol–water partition coefficient (Wildman–Crippen LogP) is 4.40. The standard InChI is InChI=1S/C25H31N3O5S/c1-5-7-8-18(17(3)32-6-2)9-12-23(29)28-24-21(16-26)20-11-10-19(15-22(20)34-24)33-25(30)27-13-14-31-4/h5,7-9,12,19H,3,6,10-11,13-15H2,1-2,4H3,(H,27,30)(H,28,29)/b7-5-,12-9+,18-8-. The summed E-state index contributed by atoms with van der Waals surface area (Å²) in [6.45, 7) is 8.88. The Kier molecular flexibility index (Phi) is 11.1. The second-order valence-corrected chi connectivity index (χ2v) is 8.44. The van der Waals surface area contributed by atoms with Gasteiger partial charge in [-0.2, -0.15) is 5.26 Å². The first-order chi connectivity index (χ1) is 16.4. The summed E-state index contributed by atoms with van der Waals surface area (Å²) in [5, 5.41) is 15.6. The van der Waals surface area contributed by atoms with Crippen LogP contribution in [0.1, 0.15) is 36.3 Å². The number of amides is 2. The van der Waals surface area contributed by atoms with Gasteiger partial charge in [-0.25, -0.2) is 4.79 Å². The molecule has 1 atom stereocenters. The summed E-state index contributed by atoms with van der Waals surface area (Å²) in [6.07, 6.45) is 9.45. The van der Waals surface area contributed by atoms with Gasteiger partial charge in [-0.05, 0) is 38.3 Å². The number of hydrogen-bond acceptors (Lipinski definition) is 7. The molecule has 0 aliphatic heterocycles. The molecule has 34 heavy (non-hydrogen) atoms. The molecule has 1 unspecified atom stereocenters. The van der Waals surface area contributed by atoms with E-state index >= 15 is 0 Å². The molecule has 2 rings (SSSR count). The number of rotatable bonds is 11. The molecule has 0 radical (unpaired) electrons. The number of thiophene rings is 1. The molecule has 0 aromatic carbocycles. The van der Waals surface area contributed by atoms with E-state index in [1.54, 1.807) is 19.3 Å². The molecule has 2 amide bonds. The molecule has 8 nitrogen and oxygen atoms in total. The maximum atomic E-state index is 12.6. The van der Waals surface area contributed by atoms with E-state index in [-0.39, 0.29) is 12.0 Å². The topological polar surface area (TPSA) is 110 Å². The zero-order valence-corrected chi connectivity index (χ0v) is 20.6. The highest BCUT2D eigenvalue weighted by atomic mass is 32.1. The third-order valence-electron chi connectivity index (χ3n) is 4.94. The van der Waals surface area contributed by atoms with Crippen molar-refractivity contribution in [2.24, 2.45) is 0 Å². The van der Waals surface area contributed by atoms with Gasteiger partial charge in [0, 0.05) is 36.6 Å². The molecule has 0 spiro atoms.